The number of benzene rings is 1. The Hall–Kier alpha value is -2.51. The molecule has 0 saturated heterocycles. The van der Waals surface area contributed by atoms with Gasteiger partial charge in [-0.05, 0) is 6.07 Å². The molecule has 0 bridgehead atoms. The van der Waals surface area contributed by atoms with Gasteiger partial charge in [-0.2, -0.15) is 0 Å². The Morgan fingerprint density at radius 1 is 0.952 bits per heavy atom. The topological polar surface area (TPSA) is 39.2 Å². The van der Waals surface area contributed by atoms with Crippen LogP contribution in [-0.2, 0) is 0 Å². The highest BCUT2D eigenvalue weighted by molar-refractivity contribution is 6.08. The van der Waals surface area contributed by atoms with E-state index in [0.29, 0.717) is 0 Å². The number of hydrogen-bond acceptors (Lipinski definition) is 3. The van der Waals surface area contributed by atoms with Crippen molar-refractivity contribution >= 4 is 5.78 Å². The number of ketones is 1. The molecule has 110 valence electrons. The molecule has 21 heavy (non-hydrogen) atoms. The van der Waals surface area contributed by atoms with Gasteiger partial charge in [0, 0.05) is 6.07 Å². The van der Waals surface area contributed by atoms with Crippen LogP contribution in [0.3, 0.4) is 0 Å². The second-order valence-electron chi connectivity index (χ2n) is 3.84. The van der Waals surface area contributed by atoms with Crippen molar-refractivity contribution in [1.29, 1.82) is 0 Å². The number of nitrogens with zero attached hydrogens (tertiary/aromatic N) is 1. The average Bonchev–Trinajstić information content (AvgIpc) is 2.51. The molecule has 0 fully saturated rings. The molecule has 0 radical (unpaired) electrons. The fraction of sp³-hybridized carbons (Fsp3) is 0.0769. The minimum Gasteiger partial charge on any atom is -0.481 e. The van der Waals surface area contributed by atoms with Gasteiger partial charge in [-0.25, -0.2) is 26.9 Å². The van der Waals surface area contributed by atoms with Gasteiger partial charge < -0.3 is 4.74 Å². The van der Waals surface area contributed by atoms with Crippen LogP contribution < -0.4 is 4.74 Å². The lowest BCUT2D eigenvalue weighted by Crippen LogP contribution is -2.14. The Morgan fingerprint density at radius 3 is 2.00 bits per heavy atom. The normalized spacial score (nSPS) is 10.6. The van der Waals surface area contributed by atoms with E-state index in [9.17, 15) is 26.7 Å². The fourth-order valence-electron chi connectivity index (χ4n) is 1.59. The van der Waals surface area contributed by atoms with Crippen LogP contribution >= 0.6 is 0 Å². The number of aromatic nitrogens is 1. The summed E-state index contributed by atoms with van der Waals surface area (Å²) in [5.74, 6) is -12.6. The SMILES string of the molecule is COc1cccc(C(=O)c2c(F)c(F)c(F)c(F)c2F)n1. The van der Waals surface area contributed by atoms with Crippen molar-refractivity contribution in [2.45, 2.75) is 0 Å². The summed E-state index contributed by atoms with van der Waals surface area (Å²) in [6.45, 7) is 0. The molecule has 0 aliphatic rings. The maximum Gasteiger partial charge on any atom is 0.217 e. The van der Waals surface area contributed by atoms with Gasteiger partial charge >= 0.3 is 0 Å². The first-order valence-corrected chi connectivity index (χ1v) is 5.45. The maximum atomic E-state index is 13.5. The van der Waals surface area contributed by atoms with Crippen molar-refractivity contribution in [3.8, 4) is 5.88 Å². The minimum absolute atomic E-state index is 0.0512. The van der Waals surface area contributed by atoms with Gasteiger partial charge in [-0.3, -0.25) is 4.79 Å². The highest BCUT2D eigenvalue weighted by atomic mass is 19.2. The Labute approximate surface area is 115 Å². The molecule has 2 aromatic rings. The molecule has 0 saturated carbocycles. The van der Waals surface area contributed by atoms with E-state index in [2.05, 4.69) is 4.98 Å². The van der Waals surface area contributed by atoms with E-state index in [0.717, 1.165) is 6.07 Å². The molecule has 1 aromatic heterocycles. The molecular weight excluding hydrogens is 297 g/mol. The van der Waals surface area contributed by atoms with Crippen molar-refractivity contribution < 1.29 is 31.5 Å². The van der Waals surface area contributed by atoms with E-state index in [1.54, 1.807) is 0 Å². The Kier molecular flexibility index (Phi) is 3.88. The number of halogens is 5. The van der Waals surface area contributed by atoms with Crippen LogP contribution in [0.1, 0.15) is 16.1 Å². The molecule has 0 spiro atoms. The second-order valence-corrected chi connectivity index (χ2v) is 3.84. The molecule has 2 rings (SSSR count). The van der Waals surface area contributed by atoms with E-state index < -0.39 is 46.1 Å². The fourth-order valence-corrected chi connectivity index (χ4v) is 1.59. The highest BCUT2D eigenvalue weighted by Crippen LogP contribution is 2.25. The average molecular weight is 303 g/mol. The molecule has 0 unspecified atom stereocenters. The predicted molar refractivity (Wildman–Crippen MR) is 60.5 cm³/mol. The zero-order valence-electron chi connectivity index (χ0n) is 10.4. The summed E-state index contributed by atoms with van der Waals surface area (Å²) < 4.78 is 70.8. The van der Waals surface area contributed by atoms with Crippen LogP contribution in [0, 0.1) is 29.1 Å². The Morgan fingerprint density at radius 2 is 1.48 bits per heavy atom. The van der Waals surface area contributed by atoms with Gasteiger partial charge in [0.2, 0.25) is 17.5 Å². The predicted octanol–water partition coefficient (Wildman–Crippen LogP) is 3.02. The lowest BCUT2D eigenvalue weighted by molar-refractivity contribution is 0.102. The van der Waals surface area contributed by atoms with Crippen molar-refractivity contribution in [3.05, 3.63) is 58.5 Å². The standard InChI is InChI=1S/C13H6F5NO2/c1-21-6-4-2-3-5(19-6)13(20)7-8(14)10(16)12(18)11(17)9(7)15/h2-4H,1H3. The van der Waals surface area contributed by atoms with Crippen LogP contribution in [0.15, 0.2) is 18.2 Å². The number of carbonyl (C=O) groups excluding carboxylic acids is 1. The van der Waals surface area contributed by atoms with Crippen LogP contribution in [0.4, 0.5) is 22.0 Å². The first-order valence-electron chi connectivity index (χ1n) is 5.45. The molecule has 3 nitrogen and oxygen atoms in total. The number of hydrogen-bond donors (Lipinski definition) is 0. The van der Waals surface area contributed by atoms with E-state index in [4.69, 9.17) is 4.74 Å². The third-order valence-corrected chi connectivity index (χ3v) is 2.60. The third kappa shape index (κ3) is 2.44. The van der Waals surface area contributed by atoms with E-state index in [1.807, 2.05) is 0 Å². The zero-order chi connectivity index (χ0) is 15.7. The zero-order valence-corrected chi connectivity index (χ0v) is 10.4. The van der Waals surface area contributed by atoms with Crippen LogP contribution in [0.5, 0.6) is 5.88 Å². The molecule has 0 aliphatic carbocycles. The lowest BCUT2D eigenvalue weighted by Gasteiger charge is -2.07. The van der Waals surface area contributed by atoms with Crippen molar-refractivity contribution in [1.82, 2.24) is 4.98 Å². The monoisotopic (exact) mass is 303 g/mol. The van der Waals surface area contributed by atoms with E-state index in [1.165, 1.54) is 19.2 Å². The first kappa shape index (κ1) is 14.9. The summed E-state index contributed by atoms with van der Waals surface area (Å²) in [6.07, 6.45) is 0. The van der Waals surface area contributed by atoms with E-state index >= 15 is 0 Å². The van der Waals surface area contributed by atoms with Crippen molar-refractivity contribution in [2.75, 3.05) is 7.11 Å². The number of ether oxygens (including phenoxy) is 1. The molecular formula is C13H6F5NO2. The van der Waals surface area contributed by atoms with Crippen molar-refractivity contribution in [2.24, 2.45) is 0 Å². The molecule has 0 amide bonds. The van der Waals surface area contributed by atoms with Gasteiger partial charge in [-0.15, -0.1) is 0 Å². The summed E-state index contributed by atoms with van der Waals surface area (Å²) in [5.41, 5.74) is -2.08. The number of methoxy groups -OCH3 is 1. The summed E-state index contributed by atoms with van der Waals surface area (Å²) in [4.78, 5) is 15.5. The van der Waals surface area contributed by atoms with Gasteiger partial charge in [0.15, 0.2) is 23.3 Å². The van der Waals surface area contributed by atoms with Crippen molar-refractivity contribution in [3.63, 3.8) is 0 Å². The van der Waals surface area contributed by atoms with E-state index in [-0.39, 0.29) is 5.88 Å². The number of rotatable bonds is 3. The molecule has 0 aliphatic heterocycles. The highest BCUT2D eigenvalue weighted by Gasteiger charge is 2.30. The third-order valence-electron chi connectivity index (χ3n) is 2.60. The van der Waals surface area contributed by atoms with Crippen LogP contribution in [-0.4, -0.2) is 17.9 Å². The minimum atomic E-state index is -2.33. The quantitative estimate of drug-likeness (QED) is 0.379. The second kappa shape index (κ2) is 5.47. The summed E-state index contributed by atoms with van der Waals surface area (Å²) >= 11 is 0. The number of pyridine rings is 1. The van der Waals surface area contributed by atoms with Gasteiger partial charge in [0.1, 0.15) is 11.3 Å². The Bertz CT molecular complexity index is 704. The molecule has 1 aromatic carbocycles. The summed E-state index contributed by atoms with van der Waals surface area (Å²) in [5, 5.41) is 0. The first-order chi connectivity index (χ1) is 9.88. The summed E-state index contributed by atoms with van der Waals surface area (Å²) in [7, 11) is 1.23. The number of carbonyl (C=O) groups is 1. The molecule has 0 N–H and O–H groups in total. The largest absolute Gasteiger partial charge is 0.481 e. The van der Waals surface area contributed by atoms with Gasteiger partial charge in [0.25, 0.3) is 0 Å². The maximum absolute atomic E-state index is 13.5. The van der Waals surface area contributed by atoms with Gasteiger partial charge in [0.05, 0.1) is 7.11 Å². The summed E-state index contributed by atoms with van der Waals surface area (Å²) in [6, 6.07) is 3.68. The van der Waals surface area contributed by atoms with Crippen LogP contribution in [0.2, 0.25) is 0 Å². The lowest BCUT2D eigenvalue weighted by atomic mass is 10.1. The Balaban J connectivity index is 2.63. The smallest absolute Gasteiger partial charge is 0.217 e. The molecule has 8 heteroatoms. The molecule has 0 atom stereocenters. The van der Waals surface area contributed by atoms with Gasteiger partial charge in [-0.1, -0.05) is 6.07 Å². The molecule has 1 heterocycles. The van der Waals surface area contributed by atoms with Crippen LogP contribution in [0.25, 0.3) is 0 Å².